The minimum absolute atomic E-state index is 0.0519. The number of amidine groups is 1. The first-order valence-corrected chi connectivity index (χ1v) is 12.0. The van der Waals surface area contributed by atoms with E-state index in [9.17, 15) is 4.79 Å². The molecule has 0 fully saturated rings. The summed E-state index contributed by atoms with van der Waals surface area (Å²) < 4.78 is 0.930. The third-order valence-electron chi connectivity index (χ3n) is 5.93. The SMILES string of the molecule is Cc1cc(C(C)(C)C)cc(C)c1CC1=[NH+]CCN1C(=O)c1sc2cc(Cl)ccc2c1Cl. The third-order valence-corrected chi connectivity index (χ3v) is 7.81. The molecule has 6 heteroatoms. The Labute approximate surface area is 197 Å². The highest BCUT2D eigenvalue weighted by Crippen LogP contribution is 2.37. The van der Waals surface area contributed by atoms with Crippen LogP contribution in [0.15, 0.2) is 30.3 Å². The Morgan fingerprint density at radius 2 is 1.81 bits per heavy atom. The Kier molecular flexibility index (Phi) is 5.93. The number of halogens is 2. The molecule has 3 aromatic rings. The summed E-state index contributed by atoms with van der Waals surface area (Å²) in [5.41, 5.74) is 5.22. The van der Waals surface area contributed by atoms with Crippen LogP contribution in [0, 0.1) is 13.8 Å². The fourth-order valence-corrected chi connectivity index (χ4v) is 5.83. The highest BCUT2D eigenvalue weighted by atomic mass is 35.5. The normalized spacial score (nSPS) is 14.4. The van der Waals surface area contributed by atoms with Crippen LogP contribution in [0.3, 0.4) is 0 Å². The molecule has 2 heterocycles. The van der Waals surface area contributed by atoms with E-state index in [0.29, 0.717) is 27.9 Å². The largest absolute Gasteiger partial charge is 0.352 e. The highest BCUT2D eigenvalue weighted by molar-refractivity contribution is 7.21. The van der Waals surface area contributed by atoms with Crippen molar-refractivity contribution in [1.82, 2.24) is 4.90 Å². The summed E-state index contributed by atoms with van der Waals surface area (Å²) in [5.74, 6) is 0.884. The number of fused-ring (bicyclic) bond motifs is 1. The molecule has 3 nitrogen and oxygen atoms in total. The molecular weight excluding hydrogens is 447 g/mol. The molecule has 1 aliphatic rings. The van der Waals surface area contributed by atoms with Gasteiger partial charge in [-0.1, -0.05) is 62.2 Å². The van der Waals surface area contributed by atoms with Crippen molar-refractivity contribution in [2.75, 3.05) is 13.1 Å². The molecule has 2 aromatic carbocycles. The molecule has 1 amide bonds. The zero-order chi connectivity index (χ0) is 22.5. The second-order valence-corrected chi connectivity index (χ2v) is 11.1. The van der Waals surface area contributed by atoms with Crippen molar-refractivity contribution in [2.45, 2.75) is 46.5 Å². The summed E-state index contributed by atoms with van der Waals surface area (Å²) in [6.07, 6.45) is 0.697. The Balaban J connectivity index is 1.63. The monoisotopic (exact) mass is 473 g/mol. The lowest BCUT2D eigenvalue weighted by atomic mass is 9.83. The predicted octanol–water partition coefficient (Wildman–Crippen LogP) is 5.30. The topological polar surface area (TPSA) is 34.3 Å². The smallest absolute Gasteiger partial charge is 0.274 e. The molecule has 0 unspecified atom stereocenters. The van der Waals surface area contributed by atoms with Crippen molar-refractivity contribution in [1.29, 1.82) is 0 Å². The fourth-order valence-electron chi connectivity index (χ4n) is 4.10. The van der Waals surface area contributed by atoms with Gasteiger partial charge < -0.3 is 0 Å². The molecular formula is C25H27Cl2N2OS+. The number of carbonyl (C=O) groups excluding carboxylic acids is 1. The molecule has 1 aliphatic heterocycles. The standard InChI is InChI=1S/C25H26Cl2N2OS/c1-14-10-16(25(3,4)5)11-15(2)19(14)13-21-28-8-9-29(21)24(30)23-22(27)18-7-6-17(26)12-20(18)31-23/h6-7,10-12H,8-9,13H2,1-5H3/p+1. The third kappa shape index (κ3) is 4.26. The van der Waals surface area contributed by atoms with E-state index in [1.54, 1.807) is 6.07 Å². The lowest BCUT2D eigenvalue weighted by Gasteiger charge is -2.22. The molecule has 0 saturated carbocycles. The molecule has 0 spiro atoms. The molecule has 1 N–H and O–H groups in total. The number of carbonyl (C=O) groups is 1. The van der Waals surface area contributed by atoms with Gasteiger partial charge in [0, 0.05) is 15.1 Å². The van der Waals surface area contributed by atoms with Gasteiger partial charge in [-0.3, -0.25) is 4.99 Å². The molecule has 0 radical (unpaired) electrons. The predicted molar refractivity (Wildman–Crippen MR) is 132 cm³/mol. The molecule has 0 aliphatic carbocycles. The van der Waals surface area contributed by atoms with Gasteiger partial charge in [0.25, 0.3) is 5.84 Å². The van der Waals surface area contributed by atoms with Gasteiger partial charge in [0.05, 0.1) is 11.4 Å². The summed E-state index contributed by atoms with van der Waals surface area (Å²) in [6, 6.07) is 10.1. The van der Waals surface area contributed by atoms with Crippen LogP contribution in [-0.2, 0) is 11.8 Å². The van der Waals surface area contributed by atoms with Gasteiger partial charge in [0.2, 0.25) is 0 Å². The van der Waals surface area contributed by atoms with E-state index >= 15 is 0 Å². The average molecular weight is 474 g/mol. The fraction of sp³-hybridized carbons (Fsp3) is 0.360. The number of rotatable bonds is 3. The van der Waals surface area contributed by atoms with Crippen LogP contribution in [-0.4, -0.2) is 29.7 Å². The van der Waals surface area contributed by atoms with E-state index in [1.165, 1.54) is 33.6 Å². The number of hydrogen-bond acceptors (Lipinski definition) is 2. The molecule has 4 rings (SSSR count). The number of benzene rings is 2. The lowest BCUT2D eigenvalue weighted by molar-refractivity contribution is -0.445. The Morgan fingerprint density at radius 3 is 2.45 bits per heavy atom. The van der Waals surface area contributed by atoms with Crippen LogP contribution in [0.4, 0.5) is 0 Å². The first kappa shape index (κ1) is 22.3. The average Bonchev–Trinajstić information content (AvgIpc) is 3.27. The van der Waals surface area contributed by atoms with Crippen LogP contribution in [0.2, 0.25) is 10.0 Å². The Morgan fingerprint density at radius 1 is 1.13 bits per heavy atom. The highest BCUT2D eigenvalue weighted by Gasteiger charge is 2.36. The maximum atomic E-state index is 13.4. The molecule has 31 heavy (non-hydrogen) atoms. The van der Waals surface area contributed by atoms with Gasteiger partial charge in [0.1, 0.15) is 18.0 Å². The summed E-state index contributed by atoms with van der Waals surface area (Å²) >= 11 is 14.1. The molecule has 1 aromatic heterocycles. The second-order valence-electron chi connectivity index (χ2n) is 9.23. The number of nitrogens with zero attached hydrogens (tertiary/aromatic N) is 1. The van der Waals surface area contributed by atoms with E-state index in [4.69, 9.17) is 23.2 Å². The maximum Gasteiger partial charge on any atom is 0.352 e. The van der Waals surface area contributed by atoms with E-state index in [2.05, 4.69) is 51.7 Å². The van der Waals surface area contributed by atoms with E-state index < -0.39 is 0 Å². The zero-order valence-electron chi connectivity index (χ0n) is 18.5. The summed E-state index contributed by atoms with van der Waals surface area (Å²) in [6.45, 7) is 12.4. The van der Waals surface area contributed by atoms with Crippen LogP contribution in [0.25, 0.3) is 10.1 Å². The molecule has 0 atom stereocenters. The van der Waals surface area contributed by atoms with Gasteiger partial charge in [-0.2, -0.15) is 4.90 Å². The summed E-state index contributed by atoms with van der Waals surface area (Å²) in [4.78, 5) is 19.3. The van der Waals surface area contributed by atoms with Crippen molar-refractivity contribution in [3.05, 3.63) is 67.5 Å². The van der Waals surface area contributed by atoms with Gasteiger partial charge in [-0.05, 0) is 53.6 Å². The summed E-state index contributed by atoms with van der Waals surface area (Å²) in [5, 5.41) is 2.02. The number of amides is 1. The van der Waals surface area contributed by atoms with Crippen molar-refractivity contribution in [3.8, 4) is 0 Å². The van der Waals surface area contributed by atoms with E-state index in [0.717, 1.165) is 22.5 Å². The Hall–Kier alpha value is -1.88. The lowest BCUT2D eigenvalue weighted by Crippen LogP contribution is -2.71. The zero-order valence-corrected chi connectivity index (χ0v) is 20.9. The molecule has 0 bridgehead atoms. The minimum atomic E-state index is -0.0519. The molecule has 0 saturated heterocycles. The van der Waals surface area contributed by atoms with Crippen LogP contribution in [0.1, 0.15) is 52.7 Å². The number of thiophene rings is 1. The van der Waals surface area contributed by atoms with E-state index in [1.807, 2.05) is 17.0 Å². The number of hydrogen-bond donors (Lipinski definition) is 1. The second kappa shape index (κ2) is 8.23. The number of nitrogens with one attached hydrogen (secondary N) is 1. The van der Waals surface area contributed by atoms with Crippen LogP contribution >= 0.6 is 34.5 Å². The van der Waals surface area contributed by atoms with Gasteiger partial charge in [-0.15, -0.1) is 11.3 Å². The van der Waals surface area contributed by atoms with Crippen molar-refractivity contribution >= 4 is 56.4 Å². The molecule has 162 valence electrons. The van der Waals surface area contributed by atoms with Gasteiger partial charge in [0.15, 0.2) is 0 Å². The minimum Gasteiger partial charge on any atom is -0.274 e. The van der Waals surface area contributed by atoms with E-state index in [-0.39, 0.29) is 11.3 Å². The van der Waals surface area contributed by atoms with Crippen LogP contribution < -0.4 is 4.99 Å². The first-order chi connectivity index (χ1) is 14.6. The van der Waals surface area contributed by atoms with Gasteiger partial charge >= 0.3 is 5.91 Å². The van der Waals surface area contributed by atoms with Crippen LogP contribution in [0.5, 0.6) is 0 Å². The van der Waals surface area contributed by atoms with Crippen molar-refractivity contribution < 1.29 is 9.79 Å². The number of aryl methyl sites for hydroxylation is 2. The quantitative estimate of drug-likeness (QED) is 0.549. The Bertz CT molecular complexity index is 1200. The van der Waals surface area contributed by atoms with Gasteiger partial charge in [-0.25, -0.2) is 4.79 Å². The van der Waals surface area contributed by atoms with Crippen molar-refractivity contribution in [3.63, 3.8) is 0 Å². The van der Waals surface area contributed by atoms with Crippen molar-refractivity contribution in [2.24, 2.45) is 0 Å². The summed E-state index contributed by atoms with van der Waals surface area (Å²) in [7, 11) is 0. The first-order valence-electron chi connectivity index (χ1n) is 10.5. The maximum absolute atomic E-state index is 13.4.